The number of carbonyl (C=O) groups is 6. The molecule has 1 aliphatic carbocycles. The highest BCUT2D eigenvalue weighted by Crippen LogP contribution is 2.33. The molecule has 4 N–H and O–H groups in total. The minimum atomic E-state index is -0.826. The van der Waals surface area contributed by atoms with Gasteiger partial charge in [0.2, 0.25) is 24.1 Å². The number of ether oxygens (including phenoxy) is 1. The van der Waals surface area contributed by atoms with Crippen LogP contribution < -0.4 is 21.3 Å². The monoisotopic (exact) mass is 766 g/mol. The Morgan fingerprint density at radius 3 is 1.93 bits per heavy atom. The molecule has 1 heterocycles. The van der Waals surface area contributed by atoms with Crippen LogP contribution in [-0.4, -0.2) is 77.7 Å². The Balaban J connectivity index is 0.000000692. The Labute approximate surface area is 329 Å². The van der Waals surface area contributed by atoms with Crippen LogP contribution in [0.25, 0.3) is 0 Å². The van der Waals surface area contributed by atoms with Crippen molar-refractivity contribution in [1.82, 2.24) is 26.2 Å². The van der Waals surface area contributed by atoms with Crippen molar-refractivity contribution in [3.8, 4) is 0 Å². The van der Waals surface area contributed by atoms with Crippen LogP contribution >= 0.6 is 0 Å². The number of fused-ring (bicyclic) bond motifs is 1. The molecule has 12 heteroatoms. The number of nitrogens with one attached hydrogen (secondary N) is 4. The quantitative estimate of drug-likeness (QED) is 0.185. The fraction of sp³-hybridized carbons (Fsp3) is 0.581. The van der Waals surface area contributed by atoms with Crippen LogP contribution in [0.2, 0.25) is 0 Å². The molecule has 3 unspecified atom stereocenters. The number of Topliss-reactive ketones (excluding diaryl/α,β-unsaturated/α-hetero) is 1. The van der Waals surface area contributed by atoms with Gasteiger partial charge in [-0.25, -0.2) is 4.79 Å². The number of hydrogen-bond acceptors (Lipinski definition) is 7. The molecule has 5 amide bonds. The number of hydrogen-bond donors (Lipinski definition) is 4. The lowest BCUT2D eigenvalue weighted by Gasteiger charge is -2.32. The van der Waals surface area contributed by atoms with Gasteiger partial charge in [0.1, 0.15) is 17.7 Å². The lowest BCUT2D eigenvalue weighted by Crippen LogP contribution is -2.57. The van der Waals surface area contributed by atoms with Gasteiger partial charge < -0.3 is 30.9 Å². The van der Waals surface area contributed by atoms with Crippen LogP contribution in [0.3, 0.4) is 0 Å². The molecule has 306 valence electrons. The van der Waals surface area contributed by atoms with E-state index in [4.69, 9.17) is 4.74 Å². The maximum atomic E-state index is 14.1. The van der Waals surface area contributed by atoms with Gasteiger partial charge in [-0.3, -0.25) is 24.0 Å². The predicted octanol–water partition coefficient (Wildman–Crippen LogP) is 5.90. The Morgan fingerprint density at radius 2 is 1.47 bits per heavy atom. The second-order valence-electron chi connectivity index (χ2n) is 14.6. The Kier molecular flexibility index (Phi) is 22.3. The summed E-state index contributed by atoms with van der Waals surface area (Å²) in [5, 5.41) is 10.9. The molecule has 4 rings (SSSR count). The molecular formula is C43H67N5O7. The molecule has 1 fully saturated rings. The van der Waals surface area contributed by atoms with Crippen LogP contribution in [0.15, 0.2) is 54.6 Å². The second kappa shape index (κ2) is 25.4. The average Bonchev–Trinajstić information content (AvgIpc) is 3.79. The summed E-state index contributed by atoms with van der Waals surface area (Å²) in [6.07, 6.45) is 4.04. The van der Waals surface area contributed by atoms with E-state index in [-0.39, 0.29) is 35.3 Å². The van der Waals surface area contributed by atoms with E-state index >= 15 is 0 Å². The molecule has 1 aliphatic heterocycles. The molecule has 0 radical (unpaired) electrons. The third-order valence-electron chi connectivity index (χ3n) is 9.10. The molecule has 2 aromatic carbocycles. The molecule has 0 spiro atoms. The Morgan fingerprint density at radius 1 is 0.891 bits per heavy atom. The minimum absolute atomic E-state index is 0.00820. The van der Waals surface area contributed by atoms with Gasteiger partial charge in [0.05, 0.1) is 6.04 Å². The lowest BCUT2D eigenvalue weighted by atomic mass is 9.95. The van der Waals surface area contributed by atoms with Crippen LogP contribution in [0.5, 0.6) is 0 Å². The summed E-state index contributed by atoms with van der Waals surface area (Å²) in [6.45, 7) is 20.0. The third kappa shape index (κ3) is 17.5. The van der Waals surface area contributed by atoms with Crippen molar-refractivity contribution in [3.05, 3.63) is 71.3 Å². The van der Waals surface area contributed by atoms with E-state index in [9.17, 15) is 28.8 Å². The van der Waals surface area contributed by atoms with E-state index in [1.54, 1.807) is 25.7 Å². The number of nitrogens with zero attached hydrogens (tertiary/aromatic N) is 1. The number of likely N-dealkylation sites (tertiary alicyclic amines) is 1. The number of alkyl carbamates (subject to hydrolysis) is 1. The largest absolute Gasteiger partial charge is 0.444 e. The summed E-state index contributed by atoms with van der Waals surface area (Å²) < 4.78 is 5.50. The Bertz CT molecular complexity index is 1470. The SMILES string of the molecule is CC.CC(=O)NCc1ccccc1.CCCC(NC(=O)C1C[C@@H](CC)CN1C(=O)C(NC(=O)OC(C)(C)C)C1Cc2ccccc2C1)C(C)=O.CCNC=O. The standard InChI is InChI=1S/C29H43N3O5.C9H11NO.C3H7NO.C2H6/c1-7-11-23(18(3)33)30-26(34)24-14-19(8-2)17-32(24)27(35)25(31-28(36)37-29(4,5)6)22-15-20-12-9-10-13-21(20)16-22;1-8(11)10-7-9-5-3-2-4-6-9;1-2-4-3-5;1-2/h9-10,12-13,19,22-25H,7-8,11,14-17H2,1-6H3,(H,30,34)(H,31,36);2-6H,7H2,1H3,(H,10,11);3H,2H2,1H3,(H,4,5);1-2H3/t19-,23?,24?,25?;;;/m1.../s1. The number of benzene rings is 2. The van der Waals surface area contributed by atoms with Crippen molar-refractivity contribution in [1.29, 1.82) is 0 Å². The molecule has 0 bridgehead atoms. The van der Waals surface area contributed by atoms with Gasteiger partial charge in [0, 0.05) is 26.6 Å². The van der Waals surface area contributed by atoms with Crippen LogP contribution in [-0.2, 0) is 48.1 Å². The predicted molar refractivity (Wildman–Crippen MR) is 217 cm³/mol. The van der Waals surface area contributed by atoms with E-state index in [0.29, 0.717) is 45.2 Å². The van der Waals surface area contributed by atoms with Crippen molar-refractivity contribution in [2.45, 2.75) is 138 Å². The van der Waals surface area contributed by atoms with E-state index in [1.807, 2.05) is 77.1 Å². The van der Waals surface area contributed by atoms with E-state index in [2.05, 4.69) is 33.4 Å². The van der Waals surface area contributed by atoms with Gasteiger partial charge in [-0.1, -0.05) is 95.1 Å². The van der Waals surface area contributed by atoms with Crippen LogP contribution in [0.4, 0.5) is 4.79 Å². The zero-order chi connectivity index (χ0) is 41.6. The molecule has 1 saturated heterocycles. The number of rotatable bonds is 13. The molecule has 0 aromatic heterocycles. The molecule has 55 heavy (non-hydrogen) atoms. The topological polar surface area (TPSA) is 163 Å². The second-order valence-corrected chi connectivity index (χ2v) is 14.6. The minimum Gasteiger partial charge on any atom is -0.444 e. The molecule has 2 aromatic rings. The average molecular weight is 766 g/mol. The van der Waals surface area contributed by atoms with E-state index in [1.165, 1.54) is 25.0 Å². The first-order chi connectivity index (χ1) is 26.1. The highest BCUT2D eigenvalue weighted by Gasteiger charge is 2.45. The summed E-state index contributed by atoms with van der Waals surface area (Å²) in [6, 6.07) is 15.8. The molecular weight excluding hydrogens is 699 g/mol. The zero-order valence-corrected chi connectivity index (χ0v) is 34.8. The smallest absolute Gasteiger partial charge is 0.408 e. The molecule has 0 saturated carbocycles. The summed E-state index contributed by atoms with van der Waals surface area (Å²) in [5.74, 6) is -0.630. The number of carbonyl (C=O) groups excluding carboxylic acids is 6. The number of amides is 5. The molecule has 4 atom stereocenters. The first kappa shape index (κ1) is 48.3. The zero-order valence-electron chi connectivity index (χ0n) is 34.8. The van der Waals surface area contributed by atoms with Crippen LogP contribution in [0, 0.1) is 11.8 Å². The molecule has 12 nitrogen and oxygen atoms in total. The van der Waals surface area contributed by atoms with Gasteiger partial charge in [0.15, 0.2) is 5.78 Å². The third-order valence-corrected chi connectivity index (χ3v) is 9.10. The first-order valence-electron chi connectivity index (χ1n) is 19.8. The highest BCUT2D eigenvalue weighted by atomic mass is 16.6. The summed E-state index contributed by atoms with van der Waals surface area (Å²) in [7, 11) is 0. The van der Waals surface area contributed by atoms with Gasteiger partial charge in [-0.05, 0) is 88.8 Å². The summed E-state index contributed by atoms with van der Waals surface area (Å²) in [5.41, 5.74) is 2.76. The molecule has 2 aliphatic rings. The van der Waals surface area contributed by atoms with E-state index in [0.717, 1.165) is 24.9 Å². The van der Waals surface area contributed by atoms with E-state index < -0.39 is 29.8 Å². The normalized spacial score (nSPS) is 16.8. The Hall–Kier alpha value is -4.74. The first-order valence-corrected chi connectivity index (χ1v) is 19.8. The van der Waals surface area contributed by atoms with Crippen molar-refractivity contribution < 1.29 is 33.5 Å². The summed E-state index contributed by atoms with van der Waals surface area (Å²) in [4.78, 5) is 73.8. The maximum absolute atomic E-state index is 14.1. The summed E-state index contributed by atoms with van der Waals surface area (Å²) >= 11 is 0. The maximum Gasteiger partial charge on any atom is 0.408 e. The van der Waals surface area contributed by atoms with Gasteiger partial charge in [-0.2, -0.15) is 0 Å². The fourth-order valence-electron chi connectivity index (χ4n) is 6.37. The fourth-order valence-corrected chi connectivity index (χ4v) is 6.37. The van der Waals surface area contributed by atoms with Gasteiger partial charge >= 0.3 is 6.09 Å². The number of ketones is 1. The van der Waals surface area contributed by atoms with Crippen molar-refractivity contribution in [2.24, 2.45) is 11.8 Å². The van der Waals surface area contributed by atoms with Crippen molar-refractivity contribution >= 4 is 36.0 Å². The van der Waals surface area contributed by atoms with Crippen molar-refractivity contribution in [2.75, 3.05) is 13.1 Å². The van der Waals surface area contributed by atoms with Crippen molar-refractivity contribution in [3.63, 3.8) is 0 Å². The highest BCUT2D eigenvalue weighted by molar-refractivity contribution is 5.94. The van der Waals surface area contributed by atoms with Gasteiger partial charge in [-0.15, -0.1) is 0 Å². The van der Waals surface area contributed by atoms with Gasteiger partial charge in [0.25, 0.3) is 0 Å². The van der Waals surface area contributed by atoms with Crippen LogP contribution in [0.1, 0.15) is 112 Å². The lowest BCUT2D eigenvalue weighted by molar-refractivity contribution is -0.141.